The lowest BCUT2D eigenvalue weighted by Gasteiger charge is -2.36. The van der Waals surface area contributed by atoms with Crippen LogP contribution in [-0.4, -0.2) is 62.1 Å². The van der Waals surface area contributed by atoms with Crippen LogP contribution >= 0.6 is 24.8 Å². The van der Waals surface area contributed by atoms with Crippen LogP contribution in [0.1, 0.15) is 31.7 Å². The average Bonchev–Trinajstić information content (AvgIpc) is 2.69. The highest BCUT2D eigenvalue weighted by Gasteiger charge is 2.26. The van der Waals surface area contributed by atoms with Gasteiger partial charge in [0.1, 0.15) is 0 Å². The van der Waals surface area contributed by atoms with E-state index in [9.17, 15) is 9.18 Å². The average molecular weight is 450 g/mol. The Kier molecular flexibility index (Phi) is 11.3. The number of ether oxygens (including phenoxy) is 1. The lowest BCUT2D eigenvalue weighted by molar-refractivity contribution is -0.134. The summed E-state index contributed by atoms with van der Waals surface area (Å²) in [5.74, 6) is 1.29. The number of nitrogens with zero attached hydrogens (tertiary/aromatic N) is 2. The molecule has 166 valence electrons. The molecule has 3 rings (SSSR count). The van der Waals surface area contributed by atoms with Crippen molar-refractivity contribution in [1.82, 2.24) is 15.1 Å². The number of amides is 1. The van der Waals surface area contributed by atoms with Crippen LogP contribution in [0.4, 0.5) is 4.39 Å². The van der Waals surface area contributed by atoms with E-state index in [4.69, 9.17) is 4.74 Å². The number of hydrogen-bond acceptors (Lipinski definition) is 4. The van der Waals surface area contributed by atoms with Crippen molar-refractivity contribution in [3.05, 3.63) is 29.6 Å². The van der Waals surface area contributed by atoms with Crippen molar-refractivity contribution in [3.8, 4) is 5.75 Å². The molecule has 2 fully saturated rings. The molecule has 1 amide bonds. The van der Waals surface area contributed by atoms with Crippen molar-refractivity contribution >= 4 is 30.7 Å². The van der Waals surface area contributed by atoms with Gasteiger partial charge in [0.15, 0.2) is 11.6 Å². The molecule has 0 radical (unpaired) electrons. The Morgan fingerprint density at radius 1 is 1.28 bits per heavy atom. The Hall–Kier alpha value is -1.08. The molecule has 0 bridgehead atoms. The Balaban J connectivity index is 0.00000210. The number of nitrogens with one attached hydrogen (secondary N) is 1. The van der Waals surface area contributed by atoms with Gasteiger partial charge in [-0.15, -0.1) is 24.8 Å². The fourth-order valence-electron chi connectivity index (χ4n) is 4.16. The van der Waals surface area contributed by atoms with Crippen LogP contribution in [-0.2, 0) is 11.3 Å². The van der Waals surface area contributed by atoms with Gasteiger partial charge in [-0.1, -0.05) is 13.0 Å². The number of carbonyl (C=O) groups is 1. The summed E-state index contributed by atoms with van der Waals surface area (Å²) in [5.41, 5.74) is 0.937. The van der Waals surface area contributed by atoms with E-state index in [2.05, 4.69) is 17.1 Å². The van der Waals surface area contributed by atoms with Crippen molar-refractivity contribution in [2.24, 2.45) is 11.8 Å². The van der Waals surface area contributed by atoms with Gasteiger partial charge in [-0.05, 0) is 55.5 Å². The molecule has 1 aromatic rings. The molecule has 0 aromatic heterocycles. The van der Waals surface area contributed by atoms with Gasteiger partial charge in [0, 0.05) is 39.1 Å². The van der Waals surface area contributed by atoms with Crippen LogP contribution in [0.25, 0.3) is 0 Å². The van der Waals surface area contributed by atoms with E-state index >= 15 is 0 Å². The van der Waals surface area contributed by atoms with E-state index in [0.29, 0.717) is 24.8 Å². The van der Waals surface area contributed by atoms with Crippen LogP contribution in [0.15, 0.2) is 18.2 Å². The highest BCUT2D eigenvalue weighted by atomic mass is 35.5. The third kappa shape index (κ3) is 7.28. The van der Waals surface area contributed by atoms with Gasteiger partial charge in [0.05, 0.1) is 7.11 Å². The summed E-state index contributed by atoms with van der Waals surface area (Å²) in [7, 11) is 1.47. The summed E-state index contributed by atoms with van der Waals surface area (Å²) in [5, 5.41) is 3.44. The molecule has 0 saturated carbocycles. The maximum atomic E-state index is 13.8. The van der Waals surface area contributed by atoms with Crippen LogP contribution in [0, 0.1) is 17.7 Å². The molecular weight excluding hydrogens is 416 g/mol. The minimum atomic E-state index is -0.324. The first-order chi connectivity index (χ1) is 13.1. The molecular formula is C21H34Cl2FN3O2. The summed E-state index contributed by atoms with van der Waals surface area (Å²) in [4.78, 5) is 16.9. The van der Waals surface area contributed by atoms with Gasteiger partial charge in [-0.3, -0.25) is 9.69 Å². The Labute approximate surface area is 186 Å². The van der Waals surface area contributed by atoms with Crippen molar-refractivity contribution in [2.75, 3.05) is 46.4 Å². The van der Waals surface area contributed by atoms with Crippen molar-refractivity contribution in [3.63, 3.8) is 0 Å². The molecule has 8 heteroatoms. The van der Waals surface area contributed by atoms with Gasteiger partial charge in [-0.2, -0.15) is 0 Å². The first-order valence-corrected chi connectivity index (χ1v) is 10.1. The minimum absolute atomic E-state index is 0. The van der Waals surface area contributed by atoms with Crippen molar-refractivity contribution in [1.29, 1.82) is 0 Å². The zero-order valence-corrected chi connectivity index (χ0v) is 19.0. The quantitative estimate of drug-likeness (QED) is 0.722. The molecule has 1 aromatic carbocycles. The molecule has 2 aliphatic rings. The second-order valence-corrected chi connectivity index (χ2v) is 7.91. The summed E-state index contributed by atoms with van der Waals surface area (Å²) in [6, 6.07) is 5.11. The maximum Gasteiger partial charge on any atom is 0.222 e. The Bertz CT molecular complexity index is 636. The highest BCUT2D eigenvalue weighted by Crippen LogP contribution is 2.24. The summed E-state index contributed by atoms with van der Waals surface area (Å²) in [6.45, 7) is 8.24. The first-order valence-electron chi connectivity index (χ1n) is 10.1. The molecule has 2 unspecified atom stereocenters. The van der Waals surface area contributed by atoms with Crippen LogP contribution in [0.3, 0.4) is 0 Å². The number of halogens is 3. The predicted molar refractivity (Wildman–Crippen MR) is 119 cm³/mol. The largest absolute Gasteiger partial charge is 0.494 e. The number of rotatable bonds is 6. The second kappa shape index (κ2) is 12.6. The third-order valence-electron chi connectivity index (χ3n) is 5.98. The minimum Gasteiger partial charge on any atom is -0.494 e. The molecule has 2 saturated heterocycles. The van der Waals surface area contributed by atoms with Gasteiger partial charge in [0.25, 0.3) is 0 Å². The zero-order chi connectivity index (χ0) is 19.2. The first kappa shape index (κ1) is 26.0. The molecule has 2 atom stereocenters. The van der Waals surface area contributed by atoms with Crippen molar-refractivity contribution < 1.29 is 13.9 Å². The predicted octanol–water partition coefficient (Wildman–Crippen LogP) is 3.35. The zero-order valence-electron chi connectivity index (χ0n) is 17.4. The smallest absolute Gasteiger partial charge is 0.222 e. The monoisotopic (exact) mass is 449 g/mol. The van der Waals surface area contributed by atoms with E-state index in [1.807, 2.05) is 11.0 Å². The number of benzene rings is 1. The molecule has 0 aliphatic carbocycles. The van der Waals surface area contributed by atoms with Crippen LogP contribution in [0.5, 0.6) is 5.75 Å². The summed E-state index contributed by atoms with van der Waals surface area (Å²) >= 11 is 0. The normalized spacial score (nSPS) is 20.9. The van der Waals surface area contributed by atoms with Gasteiger partial charge in [0.2, 0.25) is 5.91 Å². The molecule has 0 spiro atoms. The van der Waals surface area contributed by atoms with Crippen LogP contribution in [0.2, 0.25) is 0 Å². The molecule has 29 heavy (non-hydrogen) atoms. The number of piperazine rings is 1. The SMILES string of the molecule is COc1ccc(CN2CCN(C(=O)CC(C)C3CCCNC3)CC2)cc1F.Cl.Cl. The lowest BCUT2D eigenvalue weighted by Crippen LogP contribution is -2.48. The molecule has 2 heterocycles. The summed E-state index contributed by atoms with van der Waals surface area (Å²) in [6.07, 6.45) is 3.09. The maximum absolute atomic E-state index is 13.8. The Morgan fingerprint density at radius 2 is 2.00 bits per heavy atom. The highest BCUT2D eigenvalue weighted by molar-refractivity contribution is 5.85. The summed E-state index contributed by atoms with van der Waals surface area (Å²) < 4.78 is 18.8. The number of piperidine rings is 1. The van der Waals surface area contributed by atoms with Crippen LogP contribution < -0.4 is 10.1 Å². The van der Waals surface area contributed by atoms with Gasteiger partial charge >= 0.3 is 0 Å². The van der Waals surface area contributed by atoms with E-state index in [0.717, 1.165) is 44.8 Å². The third-order valence-corrected chi connectivity index (χ3v) is 5.98. The second-order valence-electron chi connectivity index (χ2n) is 7.91. The van der Waals surface area contributed by atoms with E-state index in [1.54, 1.807) is 6.07 Å². The molecule has 5 nitrogen and oxygen atoms in total. The number of carbonyl (C=O) groups excluding carboxylic acids is 1. The number of methoxy groups -OCH3 is 1. The van der Waals surface area contributed by atoms with Gasteiger partial charge in [-0.25, -0.2) is 4.39 Å². The lowest BCUT2D eigenvalue weighted by atomic mass is 9.85. The standard InChI is InChI=1S/C21H32FN3O2.2ClH/c1-16(18-4-3-7-23-14-18)12-21(26)25-10-8-24(9-11-25)15-17-5-6-20(27-2)19(22)13-17;;/h5-6,13,16,18,23H,3-4,7-12,14-15H2,1-2H3;2*1H. The van der Waals surface area contributed by atoms with E-state index < -0.39 is 0 Å². The topological polar surface area (TPSA) is 44.8 Å². The molecule has 2 aliphatic heterocycles. The fourth-order valence-corrected chi connectivity index (χ4v) is 4.16. The van der Waals surface area contributed by atoms with Crippen molar-refractivity contribution in [2.45, 2.75) is 32.7 Å². The Morgan fingerprint density at radius 3 is 2.59 bits per heavy atom. The fraction of sp³-hybridized carbons (Fsp3) is 0.667. The van der Waals surface area contributed by atoms with E-state index in [1.165, 1.54) is 26.0 Å². The molecule has 1 N–H and O–H groups in total. The number of hydrogen-bond donors (Lipinski definition) is 1. The van der Waals surface area contributed by atoms with E-state index in [-0.39, 0.29) is 42.3 Å². The van der Waals surface area contributed by atoms with Gasteiger partial charge < -0.3 is 15.0 Å².